The number of rotatable bonds is 2. The molecule has 0 atom stereocenters. The average molecular weight is 116 g/mol. The molecule has 8 heavy (non-hydrogen) atoms. The summed E-state index contributed by atoms with van der Waals surface area (Å²) in [4.78, 5) is 3.67. The molecular formula is C5H14N3+. The quantitative estimate of drug-likeness (QED) is 0.354. The predicted octanol–water partition coefficient (Wildman–Crippen LogP) is -0.486. The van der Waals surface area contributed by atoms with Crippen LogP contribution in [0.5, 0.6) is 0 Å². The SMILES string of the molecule is CN(C)C([NH])[N+](C)C. The highest BCUT2D eigenvalue weighted by Crippen LogP contribution is 1.84. The normalized spacial score (nSPS) is 15.4. The molecule has 3 heteroatoms. The van der Waals surface area contributed by atoms with E-state index >= 15 is 0 Å². The molecule has 0 bridgehead atoms. The zero-order valence-corrected chi connectivity index (χ0v) is 5.97. The largest absolute Gasteiger partial charge is 0.258 e. The van der Waals surface area contributed by atoms with Gasteiger partial charge >= 0.3 is 0 Å². The molecule has 0 aliphatic rings. The van der Waals surface area contributed by atoms with Crippen molar-refractivity contribution in [2.24, 2.45) is 0 Å². The second-order valence-corrected chi connectivity index (χ2v) is 2.30. The fraction of sp³-hybridized carbons (Fsp3) is 1.00. The minimum Gasteiger partial charge on any atom is -0.242 e. The van der Waals surface area contributed by atoms with Gasteiger partial charge in [0, 0.05) is 0 Å². The molecule has 0 spiro atoms. The van der Waals surface area contributed by atoms with Crippen LogP contribution in [-0.2, 0) is 0 Å². The van der Waals surface area contributed by atoms with E-state index in [1.54, 1.807) is 0 Å². The van der Waals surface area contributed by atoms with E-state index in [-0.39, 0.29) is 6.29 Å². The van der Waals surface area contributed by atoms with Gasteiger partial charge in [-0.1, -0.05) is 0 Å². The van der Waals surface area contributed by atoms with Crippen molar-refractivity contribution in [2.45, 2.75) is 6.29 Å². The molecule has 0 aromatic heterocycles. The molecule has 48 valence electrons. The summed E-state index contributed by atoms with van der Waals surface area (Å²) in [6.07, 6.45) is -0.213. The lowest BCUT2D eigenvalue weighted by Gasteiger charge is -2.15. The summed E-state index contributed by atoms with van der Waals surface area (Å²) in [6, 6.07) is 0. The van der Waals surface area contributed by atoms with Gasteiger partial charge in [-0.15, -0.1) is 4.90 Å². The minimum absolute atomic E-state index is 0.213. The average Bonchev–Trinajstić information content (AvgIpc) is 1.64. The summed E-state index contributed by atoms with van der Waals surface area (Å²) in [7, 11) is 7.55. The molecule has 0 fully saturated rings. The van der Waals surface area contributed by atoms with Gasteiger partial charge < -0.3 is 0 Å². The van der Waals surface area contributed by atoms with Crippen molar-refractivity contribution < 1.29 is 0 Å². The van der Waals surface area contributed by atoms with Crippen LogP contribution in [-0.4, -0.2) is 39.4 Å². The standard InChI is InChI=1S/C5H14N3/c1-7(2)5(6)8(3)4/h5-6H,1-4H3/q+1. The van der Waals surface area contributed by atoms with Crippen molar-refractivity contribution >= 4 is 0 Å². The third-order valence-corrected chi connectivity index (χ3v) is 0.978. The highest BCUT2D eigenvalue weighted by molar-refractivity contribution is 4.55. The van der Waals surface area contributed by atoms with Gasteiger partial charge in [0.15, 0.2) is 0 Å². The third kappa shape index (κ3) is 2.26. The Morgan fingerprint density at radius 3 is 1.75 bits per heavy atom. The van der Waals surface area contributed by atoms with Gasteiger partial charge in [0.2, 0.25) is 0 Å². The summed E-state index contributed by atoms with van der Waals surface area (Å²) < 4.78 is 0. The van der Waals surface area contributed by atoms with Crippen LogP contribution in [0.1, 0.15) is 0 Å². The van der Waals surface area contributed by atoms with Crippen molar-refractivity contribution in [3.63, 3.8) is 0 Å². The third-order valence-electron chi connectivity index (χ3n) is 0.978. The molecule has 0 heterocycles. The van der Waals surface area contributed by atoms with Crippen LogP contribution in [0.15, 0.2) is 0 Å². The number of nitrogens with one attached hydrogen (secondary N) is 1. The monoisotopic (exact) mass is 116 g/mol. The molecule has 0 saturated carbocycles. The lowest BCUT2D eigenvalue weighted by atomic mass is 10.7. The van der Waals surface area contributed by atoms with E-state index in [0.29, 0.717) is 0 Å². The Bertz CT molecular complexity index is 52.7. The molecule has 0 saturated heterocycles. The maximum atomic E-state index is 7.33. The lowest BCUT2D eigenvalue weighted by Crippen LogP contribution is -2.45. The number of hydrogen-bond donors (Lipinski definition) is 0. The first-order valence-electron chi connectivity index (χ1n) is 2.59. The lowest BCUT2D eigenvalue weighted by molar-refractivity contribution is 0.195. The van der Waals surface area contributed by atoms with Crippen LogP contribution in [0.4, 0.5) is 0 Å². The topological polar surface area (TPSA) is 32.9 Å². The van der Waals surface area contributed by atoms with E-state index in [4.69, 9.17) is 5.73 Å². The molecule has 0 aliphatic carbocycles. The molecule has 0 aromatic rings. The smallest absolute Gasteiger partial charge is 0.242 e. The van der Waals surface area contributed by atoms with Crippen molar-refractivity contribution in [3.05, 3.63) is 0 Å². The molecule has 0 rings (SSSR count). The Hall–Kier alpha value is -0.120. The molecule has 0 unspecified atom stereocenters. The summed E-state index contributed by atoms with van der Waals surface area (Å²) in [6.45, 7) is 0. The van der Waals surface area contributed by atoms with Crippen molar-refractivity contribution in [2.75, 3.05) is 28.2 Å². The van der Waals surface area contributed by atoms with E-state index in [1.165, 1.54) is 0 Å². The number of nitrogens with zero attached hydrogens (tertiary/aromatic N) is 2. The van der Waals surface area contributed by atoms with E-state index < -0.39 is 0 Å². The van der Waals surface area contributed by atoms with E-state index in [2.05, 4.69) is 0 Å². The van der Waals surface area contributed by atoms with E-state index in [9.17, 15) is 0 Å². The molecule has 0 amide bonds. The summed E-state index contributed by atoms with van der Waals surface area (Å²) in [5.41, 5.74) is 7.33. The second kappa shape index (κ2) is 3.02. The zero-order valence-electron chi connectivity index (χ0n) is 5.97. The Balaban J connectivity index is 3.46. The molecular weight excluding hydrogens is 102 g/mol. The van der Waals surface area contributed by atoms with Crippen LogP contribution in [0, 0.1) is 0 Å². The summed E-state index contributed by atoms with van der Waals surface area (Å²) >= 11 is 0. The summed E-state index contributed by atoms with van der Waals surface area (Å²) in [5, 5.41) is 0. The van der Waals surface area contributed by atoms with E-state index in [1.807, 2.05) is 38.0 Å². The van der Waals surface area contributed by atoms with Crippen LogP contribution < -0.4 is 10.6 Å². The van der Waals surface area contributed by atoms with Crippen LogP contribution in [0.2, 0.25) is 0 Å². The van der Waals surface area contributed by atoms with Gasteiger partial charge in [-0.2, -0.15) is 5.73 Å². The molecule has 2 radical (unpaired) electrons. The maximum absolute atomic E-state index is 7.33. The fourth-order valence-electron chi connectivity index (χ4n) is 0.462. The van der Waals surface area contributed by atoms with E-state index in [0.717, 1.165) is 0 Å². The first-order chi connectivity index (χ1) is 3.55. The maximum Gasteiger partial charge on any atom is 0.258 e. The van der Waals surface area contributed by atoms with Gasteiger partial charge in [-0.05, 0) is 14.1 Å². The van der Waals surface area contributed by atoms with Crippen molar-refractivity contribution in [1.29, 1.82) is 0 Å². The van der Waals surface area contributed by atoms with Gasteiger partial charge in [0.25, 0.3) is 6.29 Å². The molecule has 0 aromatic carbocycles. The van der Waals surface area contributed by atoms with Crippen LogP contribution >= 0.6 is 0 Å². The second-order valence-electron chi connectivity index (χ2n) is 2.30. The van der Waals surface area contributed by atoms with Gasteiger partial charge in [-0.25, -0.2) is 4.90 Å². The van der Waals surface area contributed by atoms with Crippen molar-refractivity contribution in [3.8, 4) is 0 Å². The first-order valence-corrected chi connectivity index (χ1v) is 2.59. The Morgan fingerprint density at radius 2 is 1.75 bits per heavy atom. The van der Waals surface area contributed by atoms with Crippen LogP contribution in [0.3, 0.4) is 0 Å². The highest BCUT2D eigenvalue weighted by Gasteiger charge is 2.15. The predicted molar refractivity (Wildman–Crippen MR) is 34.6 cm³/mol. The Morgan fingerprint density at radius 1 is 1.38 bits per heavy atom. The van der Waals surface area contributed by atoms with Crippen LogP contribution in [0.25, 0.3) is 0 Å². The Kier molecular flexibility index (Phi) is 2.97. The van der Waals surface area contributed by atoms with Gasteiger partial charge in [0.1, 0.15) is 14.1 Å². The zero-order chi connectivity index (χ0) is 6.73. The molecule has 1 N–H and O–H groups in total. The Labute approximate surface area is 51.1 Å². The van der Waals surface area contributed by atoms with Gasteiger partial charge in [-0.3, -0.25) is 0 Å². The summed E-state index contributed by atoms with van der Waals surface area (Å²) in [5.74, 6) is 0. The molecule has 3 nitrogen and oxygen atoms in total. The molecule has 0 aliphatic heterocycles. The minimum atomic E-state index is -0.213. The number of hydrogen-bond acceptors (Lipinski definition) is 2. The van der Waals surface area contributed by atoms with Gasteiger partial charge in [0.05, 0.1) is 0 Å². The first kappa shape index (κ1) is 7.88. The van der Waals surface area contributed by atoms with Crippen molar-refractivity contribution in [1.82, 2.24) is 15.5 Å². The highest BCUT2D eigenvalue weighted by atomic mass is 15.4. The fourth-order valence-corrected chi connectivity index (χ4v) is 0.462.